The van der Waals surface area contributed by atoms with Crippen molar-refractivity contribution < 1.29 is 14.3 Å². The van der Waals surface area contributed by atoms with Crippen molar-refractivity contribution in [1.82, 2.24) is 14.8 Å². The summed E-state index contributed by atoms with van der Waals surface area (Å²) in [5, 5.41) is 9.11. The molecular formula is C19H25N3O3S. The van der Waals surface area contributed by atoms with E-state index >= 15 is 0 Å². The smallest absolute Gasteiger partial charge is 0.316 e. The van der Waals surface area contributed by atoms with Crippen molar-refractivity contribution in [2.75, 3.05) is 12.4 Å². The summed E-state index contributed by atoms with van der Waals surface area (Å²) in [7, 11) is 0. The number of carbonyl (C=O) groups is 1. The molecule has 0 bridgehead atoms. The molecule has 0 aliphatic carbocycles. The zero-order valence-electron chi connectivity index (χ0n) is 15.7. The first-order valence-electron chi connectivity index (χ1n) is 8.52. The van der Waals surface area contributed by atoms with Crippen LogP contribution in [0.5, 0.6) is 5.75 Å². The van der Waals surface area contributed by atoms with Crippen molar-refractivity contribution in [3.8, 4) is 5.75 Å². The van der Waals surface area contributed by atoms with Gasteiger partial charge in [0.1, 0.15) is 5.75 Å². The fourth-order valence-electron chi connectivity index (χ4n) is 2.59. The predicted molar refractivity (Wildman–Crippen MR) is 103 cm³/mol. The van der Waals surface area contributed by atoms with Crippen molar-refractivity contribution in [3.05, 3.63) is 47.8 Å². The Morgan fingerprint density at radius 3 is 2.62 bits per heavy atom. The normalized spacial score (nSPS) is 11.8. The van der Waals surface area contributed by atoms with Crippen LogP contribution < -0.4 is 4.74 Å². The van der Waals surface area contributed by atoms with Crippen LogP contribution in [-0.4, -0.2) is 33.1 Å². The van der Waals surface area contributed by atoms with E-state index in [1.54, 1.807) is 13.0 Å². The lowest BCUT2D eigenvalue weighted by molar-refractivity contribution is -0.139. The van der Waals surface area contributed by atoms with Gasteiger partial charge in [-0.2, -0.15) is 0 Å². The van der Waals surface area contributed by atoms with Gasteiger partial charge in [-0.15, -0.1) is 16.8 Å². The highest BCUT2D eigenvalue weighted by Gasteiger charge is 2.20. The van der Waals surface area contributed by atoms with Crippen LogP contribution in [0.3, 0.4) is 0 Å². The predicted octanol–water partition coefficient (Wildman–Crippen LogP) is 3.88. The van der Waals surface area contributed by atoms with Gasteiger partial charge in [0.2, 0.25) is 0 Å². The molecule has 6 nitrogen and oxygen atoms in total. The van der Waals surface area contributed by atoms with Gasteiger partial charge in [-0.25, -0.2) is 0 Å². The molecule has 0 amide bonds. The summed E-state index contributed by atoms with van der Waals surface area (Å²) >= 11 is 1.30. The topological polar surface area (TPSA) is 66.2 Å². The highest BCUT2D eigenvalue weighted by atomic mass is 32.2. The van der Waals surface area contributed by atoms with E-state index in [0.29, 0.717) is 24.1 Å². The quantitative estimate of drug-likeness (QED) is 0.376. The van der Waals surface area contributed by atoms with Crippen LogP contribution in [0, 0.1) is 13.8 Å². The summed E-state index contributed by atoms with van der Waals surface area (Å²) in [6.45, 7) is 12.5. The monoisotopic (exact) mass is 375 g/mol. The maximum Gasteiger partial charge on any atom is 0.316 e. The van der Waals surface area contributed by atoms with Crippen LogP contribution in [-0.2, 0) is 16.1 Å². The third kappa shape index (κ3) is 5.36. The third-order valence-electron chi connectivity index (χ3n) is 3.55. The van der Waals surface area contributed by atoms with Crippen LogP contribution in [0.25, 0.3) is 0 Å². The number of rotatable bonds is 9. The fourth-order valence-corrected chi connectivity index (χ4v) is 3.34. The number of esters is 1. The number of allylic oxidation sites excluding steroid dienone is 1. The van der Waals surface area contributed by atoms with Crippen molar-refractivity contribution in [2.24, 2.45) is 0 Å². The Morgan fingerprint density at radius 1 is 1.31 bits per heavy atom. The van der Waals surface area contributed by atoms with E-state index < -0.39 is 0 Å². The summed E-state index contributed by atoms with van der Waals surface area (Å²) in [6, 6.07) is 6.09. The number of hydrogen-bond donors (Lipinski definition) is 0. The maximum atomic E-state index is 11.6. The minimum atomic E-state index is -0.291. The molecule has 0 spiro atoms. The minimum Gasteiger partial charge on any atom is -0.483 e. The molecule has 0 fully saturated rings. The highest BCUT2D eigenvalue weighted by molar-refractivity contribution is 7.99. The molecule has 0 N–H and O–H groups in total. The molecule has 0 radical (unpaired) electrons. The molecule has 1 heterocycles. The fraction of sp³-hybridized carbons (Fsp3) is 0.421. The average molecular weight is 375 g/mol. The van der Waals surface area contributed by atoms with Gasteiger partial charge in [-0.3, -0.25) is 9.36 Å². The second-order valence-electron chi connectivity index (χ2n) is 5.92. The lowest BCUT2D eigenvalue weighted by Crippen LogP contribution is -2.13. The Kier molecular flexibility index (Phi) is 7.26. The van der Waals surface area contributed by atoms with Gasteiger partial charge >= 0.3 is 5.97 Å². The molecule has 2 aromatic rings. The van der Waals surface area contributed by atoms with Crippen molar-refractivity contribution in [2.45, 2.75) is 45.5 Å². The van der Waals surface area contributed by atoms with Crippen molar-refractivity contribution >= 4 is 17.7 Å². The van der Waals surface area contributed by atoms with Crippen molar-refractivity contribution in [3.63, 3.8) is 0 Å². The minimum absolute atomic E-state index is 0.190. The molecular weight excluding hydrogens is 350 g/mol. The van der Waals surface area contributed by atoms with Gasteiger partial charge < -0.3 is 9.47 Å². The van der Waals surface area contributed by atoms with Crippen LogP contribution in [0.1, 0.15) is 36.9 Å². The van der Waals surface area contributed by atoms with Gasteiger partial charge in [0.15, 0.2) is 17.1 Å². The largest absolute Gasteiger partial charge is 0.483 e. The SMILES string of the molecule is C=CCn1c(SCC(=O)OCC)nnc1C(C)Oc1cc(C)cc(C)c1. The summed E-state index contributed by atoms with van der Waals surface area (Å²) in [4.78, 5) is 11.6. The van der Waals surface area contributed by atoms with Crippen molar-refractivity contribution in [1.29, 1.82) is 0 Å². The van der Waals surface area contributed by atoms with E-state index in [2.05, 4.69) is 22.8 Å². The van der Waals surface area contributed by atoms with Gasteiger partial charge in [-0.05, 0) is 51.0 Å². The first-order valence-corrected chi connectivity index (χ1v) is 9.50. The van der Waals surface area contributed by atoms with E-state index in [0.717, 1.165) is 16.9 Å². The number of hydrogen-bond acceptors (Lipinski definition) is 6. The van der Waals surface area contributed by atoms with Gasteiger partial charge in [0, 0.05) is 6.54 Å². The van der Waals surface area contributed by atoms with E-state index in [1.807, 2.05) is 37.5 Å². The number of ether oxygens (including phenoxy) is 2. The number of aryl methyl sites for hydroxylation is 2. The number of aromatic nitrogens is 3. The number of benzene rings is 1. The van der Waals surface area contributed by atoms with Gasteiger partial charge in [-0.1, -0.05) is 23.9 Å². The summed E-state index contributed by atoms with van der Waals surface area (Å²) < 4.78 is 12.9. The molecule has 2 rings (SSSR count). The van der Waals surface area contributed by atoms with Crippen LogP contribution in [0.2, 0.25) is 0 Å². The molecule has 1 unspecified atom stereocenters. The summed E-state index contributed by atoms with van der Waals surface area (Å²) in [5.74, 6) is 1.40. The van der Waals surface area contributed by atoms with Gasteiger partial charge in [0.05, 0.1) is 12.4 Å². The van der Waals surface area contributed by atoms with E-state index in [-0.39, 0.29) is 17.8 Å². The molecule has 0 aliphatic heterocycles. The molecule has 1 aromatic carbocycles. The lowest BCUT2D eigenvalue weighted by atomic mass is 10.1. The molecule has 0 saturated carbocycles. The molecule has 26 heavy (non-hydrogen) atoms. The molecule has 1 aromatic heterocycles. The first-order chi connectivity index (χ1) is 12.4. The second-order valence-corrected chi connectivity index (χ2v) is 6.86. The Hall–Kier alpha value is -2.28. The zero-order valence-corrected chi connectivity index (χ0v) is 16.5. The van der Waals surface area contributed by atoms with Crippen LogP contribution in [0.15, 0.2) is 36.0 Å². The van der Waals surface area contributed by atoms with Crippen LogP contribution in [0.4, 0.5) is 0 Å². The molecule has 0 saturated heterocycles. The number of thioether (sulfide) groups is 1. The molecule has 1 atom stereocenters. The lowest BCUT2D eigenvalue weighted by Gasteiger charge is -2.16. The van der Waals surface area contributed by atoms with E-state index in [4.69, 9.17) is 9.47 Å². The zero-order chi connectivity index (χ0) is 19.1. The maximum absolute atomic E-state index is 11.6. The summed E-state index contributed by atoms with van der Waals surface area (Å²) in [6.07, 6.45) is 1.48. The Bertz CT molecular complexity index is 753. The molecule has 7 heteroatoms. The third-order valence-corrected chi connectivity index (χ3v) is 4.49. The molecule has 140 valence electrons. The average Bonchev–Trinajstić information content (AvgIpc) is 2.95. The standard InChI is InChI=1S/C19H25N3O3S/c1-6-8-22-18(20-21-19(22)26-12-17(23)24-7-2)15(5)25-16-10-13(3)9-14(4)11-16/h6,9-11,15H,1,7-8,12H2,2-5H3. The Labute approximate surface area is 158 Å². The number of carbonyl (C=O) groups excluding carboxylic acids is 1. The molecule has 0 aliphatic rings. The van der Waals surface area contributed by atoms with E-state index in [1.165, 1.54) is 11.8 Å². The van der Waals surface area contributed by atoms with Gasteiger partial charge in [0.25, 0.3) is 0 Å². The van der Waals surface area contributed by atoms with E-state index in [9.17, 15) is 4.79 Å². The first kappa shape index (κ1) is 20.0. The number of nitrogens with zero attached hydrogens (tertiary/aromatic N) is 3. The summed E-state index contributed by atoms with van der Waals surface area (Å²) in [5.41, 5.74) is 2.29. The second kappa shape index (κ2) is 9.43. The Morgan fingerprint density at radius 2 is 2.00 bits per heavy atom. The van der Waals surface area contributed by atoms with Crippen LogP contribution >= 0.6 is 11.8 Å². The highest BCUT2D eigenvalue weighted by Crippen LogP contribution is 2.26. The Balaban J connectivity index is 2.16.